The minimum absolute atomic E-state index is 0.126. The second-order valence-electron chi connectivity index (χ2n) is 9.44. The van der Waals surface area contributed by atoms with Gasteiger partial charge in [-0.15, -0.1) is 0 Å². The monoisotopic (exact) mass is 428 g/mol. The van der Waals surface area contributed by atoms with Crippen LogP contribution in [0.15, 0.2) is 35.3 Å². The zero-order chi connectivity index (χ0) is 22.3. The van der Waals surface area contributed by atoms with Crippen molar-refractivity contribution < 1.29 is 4.79 Å². The van der Waals surface area contributed by atoms with Crippen LogP contribution in [0.3, 0.4) is 0 Å². The molecule has 1 aromatic carbocycles. The Labute approximate surface area is 187 Å². The lowest BCUT2D eigenvalue weighted by Gasteiger charge is -2.37. The third-order valence-electron chi connectivity index (χ3n) is 5.85. The minimum atomic E-state index is -0.126. The van der Waals surface area contributed by atoms with Gasteiger partial charge in [0.05, 0.1) is 13.1 Å². The van der Waals surface area contributed by atoms with Crippen LogP contribution in [0.25, 0.3) is 0 Å². The van der Waals surface area contributed by atoms with Gasteiger partial charge in [0.15, 0.2) is 5.96 Å². The number of carbonyl (C=O) groups excluding carboxylic acids is 1. The Hall–Kier alpha value is -2.12. The Morgan fingerprint density at radius 2 is 1.84 bits per heavy atom. The van der Waals surface area contributed by atoms with Gasteiger partial charge in [-0.2, -0.15) is 0 Å². The van der Waals surface area contributed by atoms with Crippen LogP contribution >= 0.6 is 0 Å². The molecule has 0 spiro atoms. The van der Waals surface area contributed by atoms with Crippen molar-refractivity contribution in [2.24, 2.45) is 4.99 Å². The van der Waals surface area contributed by atoms with Crippen LogP contribution in [0.5, 0.6) is 0 Å². The predicted octanol–water partition coefficient (Wildman–Crippen LogP) is 1.98. The van der Waals surface area contributed by atoms with Crippen molar-refractivity contribution in [1.82, 2.24) is 25.8 Å². The van der Waals surface area contributed by atoms with E-state index >= 15 is 0 Å². The van der Waals surface area contributed by atoms with Gasteiger partial charge in [-0.3, -0.25) is 14.7 Å². The summed E-state index contributed by atoms with van der Waals surface area (Å²) in [4.78, 5) is 21.6. The van der Waals surface area contributed by atoms with Crippen LogP contribution in [0, 0.1) is 0 Å². The molecule has 7 nitrogen and oxygen atoms in total. The first-order valence-electron chi connectivity index (χ1n) is 11.7. The summed E-state index contributed by atoms with van der Waals surface area (Å²) in [5.41, 5.74) is 1.16. The minimum Gasteiger partial charge on any atom is -0.357 e. The fourth-order valence-electron chi connectivity index (χ4n) is 3.98. The van der Waals surface area contributed by atoms with E-state index in [1.165, 1.54) is 5.56 Å². The summed E-state index contributed by atoms with van der Waals surface area (Å²) in [6.45, 7) is 14.3. The lowest BCUT2D eigenvalue weighted by molar-refractivity contribution is -0.122. The highest BCUT2D eigenvalue weighted by Crippen LogP contribution is 2.18. The van der Waals surface area contributed by atoms with Gasteiger partial charge in [0.1, 0.15) is 0 Å². The molecule has 1 amide bonds. The lowest BCUT2D eigenvalue weighted by Crippen LogP contribution is -2.54. The average molecular weight is 429 g/mol. The number of benzene rings is 1. The van der Waals surface area contributed by atoms with E-state index in [9.17, 15) is 4.79 Å². The van der Waals surface area contributed by atoms with Crippen LogP contribution in [0.2, 0.25) is 0 Å². The zero-order valence-corrected chi connectivity index (χ0v) is 19.7. The summed E-state index contributed by atoms with van der Waals surface area (Å²) < 4.78 is 0. The second-order valence-corrected chi connectivity index (χ2v) is 9.44. The maximum atomic E-state index is 12.1. The summed E-state index contributed by atoms with van der Waals surface area (Å²) in [6, 6.07) is 11.2. The van der Waals surface area contributed by atoms with Gasteiger partial charge in [-0.05, 0) is 46.1 Å². The maximum absolute atomic E-state index is 12.1. The van der Waals surface area contributed by atoms with Crippen LogP contribution in [-0.4, -0.2) is 79.1 Å². The van der Waals surface area contributed by atoms with Crippen molar-refractivity contribution in [2.45, 2.75) is 58.2 Å². The SMILES string of the molecule is CCNC(=NCC(C)(C)NC(C)c1ccccc1)N1CCN(CC(=O)NC2CC2)CC1. The molecule has 1 unspecified atom stereocenters. The molecular weight excluding hydrogens is 388 g/mol. The number of aliphatic imine (C=N–C) groups is 1. The topological polar surface area (TPSA) is 72.0 Å². The molecule has 1 aromatic rings. The van der Waals surface area contributed by atoms with E-state index in [0.717, 1.165) is 51.5 Å². The molecule has 0 radical (unpaired) electrons. The van der Waals surface area contributed by atoms with Gasteiger partial charge in [0, 0.05) is 50.3 Å². The number of amides is 1. The van der Waals surface area contributed by atoms with Crippen molar-refractivity contribution in [3.05, 3.63) is 35.9 Å². The molecule has 7 heteroatoms. The Bertz CT molecular complexity index is 723. The molecular formula is C24H40N6O. The summed E-state index contributed by atoms with van der Waals surface area (Å²) in [6.07, 6.45) is 2.27. The number of carbonyl (C=O) groups is 1. The summed E-state index contributed by atoms with van der Waals surface area (Å²) in [5.74, 6) is 1.13. The smallest absolute Gasteiger partial charge is 0.234 e. The van der Waals surface area contributed by atoms with Gasteiger partial charge < -0.3 is 20.9 Å². The molecule has 2 fully saturated rings. The van der Waals surface area contributed by atoms with Crippen molar-refractivity contribution in [1.29, 1.82) is 0 Å². The summed E-state index contributed by atoms with van der Waals surface area (Å²) in [7, 11) is 0. The molecule has 3 rings (SSSR count). The highest BCUT2D eigenvalue weighted by atomic mass is 16.2. The Morgan fingerprint density at radius 3 is 2.45 bits per heavy atom. The molecule has 0 aromatic heterocycles. The third kappa shape index (κ3) is 7.82. The van der Waals surface area contributed by atoms with Crippen molar-refractivity contribution in [3.63, 3.8) is 0 Å². The highest BCUT2D eigenvalue weighted by Gasteiger charge is 2.26. The maximum Gasteiger partial charge on any atom is 0.234 e. The number of guanidine groups is 1. The van der Waals surface area contributed by atoms with Crippen LogP contribution in [-0.2, 0) is 4.79 Å². The Balaban J connectivity index is 1.50. The highest BCUT2D eigenvalue weighted by molar-refractivity contribution is 5.80. The fraction of sp³-hybridized carbons (Fsp3) is 0.667. The molecule has 1 aliphatic heterocycles. The number of piperazine rings is 1. The number of rotatable bonds is 9. The van der Waals surface area contributed by atoms with E-state index in [1.807, 2.05) is 6.07 Å². The van der Waals surface area contributed by atoms with Gasteiger partial charge >= 0.3 is 0 Å². The van der Waals surface area contributed by atoms with Crippen molar-refractivity contribution in [2.75, 3.05) is 45.8 Å². The molecule has 3 N–H and O–H groups in total. The summed E-state index contributed by atoms with van der Waals surface area (Å²) >= 11 is 0. The normalized spacial score (nSPS) is 19.2. The van der Waals surface area contributed by atoms with Crippen LogP contribution in [0.1, 0.15) is 52.1 Å². The first-order chi connectivity index (χ1) is 14.9. The second kappa shape index (κ2) is 11.0. The van der Waals surface area contributed by atoms with Gasteiger partial charge in [0.2, 0.25) is 5.91 Å². The van der Waals surface area contributed by atoms with E-state index in [0.29, 0.717) is 19.1 Å². The molecule has 172 valence electrons. The Morgan fingerprint density at radius 1 is 1.16 bits per heavy atom. The number of hydrogen-bond donors (Lipinski definition) is 3. The van der Waals surface area contributed by atoms with Gasteiger partial charge in [-0.25, -0.2) is 0 Å². The molecule has 1 saturated heterocycles. The first-order valence-corrected chi connectivity index (χ1v) is 11.7. The third-order valence-corrected chi connectivity index (χ3v) is 5.85. The summed E-state index contributed by atoms with van der Waals surface area (Å²) in [5, 5.41) is 10.2. The number of hydrogen-bond acceptors (Lipinski definition) is 4. The number of nitrogens with zero attached hydrogens (tertiary/aromatic N) is 3. The van der Waals surface area contributed by atoms with Crippen LogP contribution in [0.4, 0.5) is 0 Å². The van der Waals surface area contributed by atoms with E-state index < -0.39 is 0 Å². The van der Waals surface area contributed by atoms with Gasteiger partial charge in [0.25, 0.3) is 0 Å². The Kier molecular flexibility index (Phi) is 8.32. The molecule has 1 aliphatic carbocycles. The van der Waals surface area contributed by atoms with Crippen LogP contribution < -0.4 is 16.0 Å². The predicted molar refractivity (Wildman–Crippen MR) is 127 cm³/mol. The zero-order valence-electron chi connectivity index (χ0n) is 19.7. The lowest BCUT2D eigenvalue weighted by atomic mass is 10.0. The van der Waals surface area contributed by atoms with E-state index in [2.05, 4.69) is 77.7 Å². The van der Waals surface area contributed by atoms with E-state index in [-0.39, 0.29) is 17.5 Å². The van der Waals surface area contributed by atoms with Gasteiger partial charge in [-0.1, -0.05) is 30.3 Å². The molecule has 0 bridgehead atoms. The molecule has 1 heterocycles. The first kappa shape index (κ1) is 23.5. The molecule has 1 atom stereocenters. The van der Waals surface area contributed by atoms with Crippen molar-refractivity contribution >= 4 is 11.9 Å². The van der Waals surface area contributed by atoms with E-state index in [4.69, 9.17) is 4.99 Å². The van der Waals surface area contributed by atoms with E-state index in [1.54, 1.807) is 0 Å². The number of nitrogens with one attached hydrogen (secondary N) is 3. The largest absolute Gasteiger partial charge is 0.357 e. The fourth-order valence-corrected chi connectivity index (χ4v) is 3.98. The average Bonchev–Trinajstić information content (AvgIpc) is 3.56. The molecule has 1 saturated carbocycles. The molecule has 31 heavy (non-hydrogen) atoms. The molecule has 2 aliphatic rings. The quantitative estimate of drug-likeness (QED) is 0.414. The standard InChI is InChI=1S/C24H40N6O/c1-5-25-23(26-18-24(3,4)28-19(2)20-9-7-6-8-10-20)30-15-13-29(14-16-30)17-22(31)27-21-11-12-21/h6-10,19,21,28H,5,11-18H2,1-4H3,(H,25,26)(H,27,31). The van der Waals surface area contributed by atoms with Crippen molar-refractivity contribution in [3.8, 4) is 0 Å².